The second kappa shape index (κ2) is 16.6. The molecule has 0 aromatic heterocycles. The highest BCUT2D eigenvalue weighted by Gasteiger charge is 2.19. The van der Waals surface area contributed by atoms with Crippen LogP contribution in [0.2, 0.25) is 0 Å². The zero-order chi connectivity index (χ0) is 27.9. The average Bonchev–Trinajstić information content (AvgIpc) is 2.95. The second-order valence-corrected chi connectivity index (χ2v) is 10.0. The van der Waals surface area contributed by atoms with E-state index in [2.05, 4.69) is 0 Å². The van der Waals surface area contributed by atoms with Gasteiger partial charge in [-0.05, 0) is 61.2 Å². The molecule has 2 aromatic rings. The van der Waals surface area contributed by atoms with E-state index in [-0.39, 0.29) is 6.42 Å². The lowest BCUT2D eigenvalue weighted by molar-refractivity contribution is -0.149. The molecule has 3 rings (SSSR count). The van der Waals surface area contributed by atoms with Crippen molar-refractivity contribution < 1.29 is 33.6 Å². The summed E-state index contributed by atoms with van der Waals surface area (Å²) in [6.07, 6.45) is 8.97. The first-order chi connectivity index (χ1) is 19.0. The Morgan fingerprint density at radius 1 is 0.923 bits per heavy atom. The fraction of sp³-hybridized carbons (Fsp3) is 0.548. The third-order valence-electron chi connectivity index (χ3n) is 7.16. The van der Waals surface area contributed by atoms with E-state index >= 15 is 0 Å². The molecular weight excluding hydrogens is 498 g/mol. The number of ether oxygens (including phenoxy) is 4. The van der Waals surface area contributed by atoms with Crippen LogP contribution in [0.15, 0.2) is 48.5 Å². The van der Waals surface area contributed by atoms with Gasteiger partial charge >= 0.3 is 12.1 Å². The van der Waals surface area contributed by atoms with E-state index in [1.54, 1.807) is 43.2 Å². The Hall–Kier alpha value is -3.26. The molecule has 1 N–H and O–H groups in total. The van der Waals surface area contributed by atoms with E-state index in [0.717, 1.165) is 24.3 Å². The van der Waals surface area contributed by atoms with Crippen LogP contribution in [0.1, 0.15) is 63.9 Å². The number of hydrogen-bond acceptors (Lipinski definition) is 6. The SMILES string of the molecule is CCOC(Cc1ccc(OCCN(CCCCC2CCCCC2)C(=O)Oc2ccc(OC)cc2)cc1)C(=O)O. The van der Waals surface area contributed by atoms with E-state index in [1.807, 2.05) is 24.3 Å². The van der Waals surface area contributed by atoms with Gasteiger partial charge in [-0.15, -0.1) is 0 Å². The highest BCUT2D eigenvalue weighted by Crippen LogP contribution is 2.28. The van der Waals surface area contributed by atoms with E-state index in [0.29, 0.717) is 43.6 Å². The van der Waals surface area contributed by atoms with Crippen molar-refractivity contribution in [3.8, 4) is 17.2 Å². The molecule has 0 saturated heterocycles. The molecule has 39 heavy (non-hydrogen) atoms. The number of hydrogen-bond donors (Lipinski definition) is 1. The van der Waals surface area contributed by atoms with Crippen molar-refractivity contribution in [3.63, 3.8) is 0 Å². The third-order valence-corrected chi connectivity index (χ3v) is 7.16. The van der Waals surface area contributed by atoms with Gasteiger partial charge < -0.3 is 29.0 Å². The summed E-state index contributed by atoms with van der Waals surface area (Å²) in [6, 6.07) is 14.3. The summed E-state index contributed by atoms with van der Waals surface area (Å²) in [4.78, 5) is 26.1. The summed E-state index contributed by atoms with van der Waals surface area (Å²) < 4.78 is 22.0. The lowest BCUT2D eigenvalue weighted by atomic mass is 9.86. The van der Waals surface area contributed by atoms with E-state index in [4.69, 9.17) is 18.9 Å². The van der Waals surface area contributed by atoms with Gasteiger partial charge in [-0.2, -0.15) is 0 Å². The Morgan fingerprint density at radius 2 is 1.59 bits per heavy atom. The molecular formula is C31H43NO7. The number of carboxylic acids is 1. The van der Waals surface area contributed by atoms with Crippen molar-refractivity contribution in [2.24, 2.45) is 5.92 Å². The van der Waals surface area contributed by atoms with Crippen molar-refractivity contribution in [2.45, 2.75) is 70.8 Å². The molecule has 2 aromatic carbocycles. The zero-order valence-electron chi connectivity index (χ0n) is 23.3. The number of carbonyl (C=O) groups excluding carboxylic acids is 1. The summed E-state index contributed by atoms with van der Waals surface area (Å²) in [6.45, 7) is 3.44. The smallest absolute Gasteiger partial charge is 0.415 e. The van der Waals surface area contributed by atoms with Gasteiger partial charge in [0.2, 0.25) is 0 Å². The van der Waals surface area contributed by atoms with E-state index in [1.165, 1.54) is 38.5 Å². The van der Waals surface area contributed by atoms with Crippen LogP contribution in [-0.2, 0) is 16.0 Å². The molecule has 0 heterocycles. The summed E-state index contributed by atoms with van der Waals surface area (Å²) in [5.41, 5.74) is 0.853. The van der Waals surface area contributed by atoms with Crippen LogP contribution in [0.3, 0.4) is 0 Å². The fourth-order valence-corrected chi connectivity index (χ4v) is 4.94. The van der Waals surface area contributed by atoms with Gasteiger partial charge in [-0.1, -0.05) is 57.1 Å². The van der Waals surface area contributed by atoms with Crippen molar-refractivity contribution in [2.75, 3.05) is 33.4 Å². The molecule has 1 aliphatic carbocycles. The van der Waals surface area contributed by atoms with Crippen molar-refractivity contribution in [1.29, 1.82) is 0 Å². The molecule has 1 atom stereocenters. The molecule has 0 spiro atoms. The van der Waals surface area contributed by atoms with Gasteiger partial charge in [0.25, 0.3) is 0 Å². The van der Waals surface area contributed by atoms with Crippen LogP contribution in [0.4, 0.5) is 4.79 Å². The Balaban J connectivity index is 1.51. The summed E-state index contributed by atoms with van der Waals surface area (Å²) >= 11 is 0. The van der Waals surface area contributed by atoms with Crippen LogP contribution in [0.5, 0.6) is 17.2 Å². The number of carboxylic acid groups (broad SMARTS) is 1. The number of rotatable bonds is 16. The van der Waals surface area contributed by atoms with Crippen LogP contribution < -0.4 is 14.2 Å². The van der Waals surface area contributed by atoms with Gasteiger partial charge in [0.15, 0.2) is 6.10 Å². The van der Waals surface area contributed by atoms with Crippen LogP contribution in [-0.4, -0.2) is 61.6 Å². The average molecular weight is 542 g/mol. The lowest BCUT2D eigenvalue weighted by Gasteiger charge is -2.24. The molecule has 214 valence electrons. The Labute approximate surface area is 232 Å². The van der Waals surface area contributed by atoms with Gasteiger partial charge in [0.05, 0.1) is 13.7 Å². The first kappa shape index (κ1) is 30.3. The van der Waals surface area contributed by atoms with Crippen LogP contribution in [0.25, 0.3) is 0 Å². The number of unbranched alkanes of at least 4 members (excludes halogenated alkanes) is 1. The third kappa shape index (κ3) is 10.8. The molecule has 1 saturated carbocycles. The van der Waals surface area contributed by atoms with Gasteiger partial charge in [-0.25, -0.2) is 9.59 Å². The van der Waals surface area contributed by atoms with E-state index in [9.17, 15) is 14.7 Å². The zero-order valence-corrected chi connectivity index (χ0v) is 23.3. The van der Waals surface area contributed by atoms with Gasteiger partial charge in [0.1, 0.15) is 23.9 Å². The van der Waals surface area contributed by atoms with Crippen LogP contribution in [0, 0.1) is 5.92 Å². The maximum Gasteiger partial charge on any atom is 0.415 e. The first-order valence-corrected chi connectivity index (χ1v) is 14.2. The predicted molar refractivity (Wildman–Crippen MR) is 150 cm³/mol. The largest absolute Gasteiger partial charge is 0.497 e. The summed E-state index contributed by atoms with van der Waals surface area (Å²) in [5, 5.41) is 9.30. The molecule has 1 unspecified atom stereocenters. The summed E-state index contributed by atoms with van der Waals surface area (Å²) in [5.74, 6) is 1.67. The van der Waals surface area contributed by atoms with Crippen molar-refractivity contribution >= 4 is 12.1 Å². The fourth-order valence-electron chi connectivity index (χ4n) is 4.94. The number of aliphatic carboxylic acids is 1. The normalized spacial score (nSPS) is 14.4. The topological polar surface area (TPSA) is 94.5 Å². The monoisotopic (exact) mass is 541 g/mol. The van der Waals surface area contributed by atoms with Gasteiger partial charge in [0, 0.05) is 19.6 Å². The maximum atomic E-state index is 13.0. The van der Waals surface area contributed by atoms with Crippen molar-refractivity contribution in [3.05, 3.63) is 54.1 Å². The molecule has 1 aliphatic rings. The highest BCUT2D eigenvalue weighted by molar-refractivity contribution is 5.72. The van der Waals surface area contributed by atoms with Crippen molar-refractivity contribution in [1.82, 2.24) is 4.90 Å². The molecule has 1 fully saturated rings. The molecule has 0 aliphatic heterocycles. The lowest BCUT2D eigenvalue weighted by Crippen LogP contribution is -2.37. The Bertz CT molecular complexity index is 987. The molecule has 0 bridgehead atoms. The number of benzene rings is 2. The Kier molecular flexibility index (Phi) is 12.9. The second-order valence-electron chi connectivity index (χ2n) is 10.0. The predicted octanol–water partition coefficient (Wildman–Crippen LogP) is 6.36. The van der Waals surface area contributed by atoms with Crippen LogP contribution >= 0.6 is 0 Å². The minimum absolute atomic E-state index is 0.287. The minimum Gasteiger partial charge on any atom is -0.497 e. The molecule has 8 nitrogen and oxygen atoms in total. The number of nitrogens with zero attached hydrogens (tertiary/aromatic N) is 1. The quantitative estimate of drug-likeness (QED) is 0.247. The maximum absolute atomic E-state index is 13.0. The number of carbonyl (C=O) groups is 2. The minimum atomic E-state index is -0.975. The Morgan fingerprint density at radius 3 is 2.23 bits per heavy atom. The van der Waals surface area contributed by atoms with E-state index < -0.39 is 18.2 Å². The van der Waals surface area contributed by atoms with Gasteiger partial charge in [-0.3, -0.25) is 0 Å². The summed E-state index contributed by atoms with van der Waals surface area (Å²) in [7, 11) is 1.59. The first-order valence-electron chi connectivity index (χ1n) is 14.2. The number of amides is 1. The number of methoxy groups -OCH3 is 1. The molecule has 8 heteroatoms. The molecule has 1 amide bonds. The molecule has 0 radical (unpaired) electrons. The standard InChI is InChI=1S/C31H43NO7/c1-3-37-29(30(33)34)23-25-12-14-27(15-13-25)38-22-21-32(20-8-7-11-24-9-5-4-6-10-24)31(35)39-28-18-16-26(36-2)17-19-28/h12-19,24,29H,3-11,20-23H2,1-2H3,(H,33,34). The highest BCUT2D eigenvalue weighted by atomic mass is 16.6.